The van der Waals surface area contributed by atoms with E-state index in [4.69, 9.17) is 16.3 Å². The van der Waals surface area contributed by atoms with E-state index in [9.17, 15) is 13.6 Å². The van der Waals surface area contributed by atoms with E-state index in [0.29, 0.717) is 36.2 Å². The van der Waals surface area contributed by atoms with E-state index in [-0.39, 0.29) is 24.4 Å². The second-order valence-corrected chi connectivity index (χ2v) is 6.64. The Kier molecular flexibility index (Phi) is 8.56. The van der Waals surface area contributed by atoms with Crippen molar-refractivity contribution in [2.75, 3.05) is 26.7 Å². The van der Waals surface area contributed by atoms with Crippen LogP contribution in [-0.2, 0) is 11.3 Å². The maximum absolute atomic E-state index is 12.6. The summed E-state index contributed by atoms with van der Waals surface area (Å²) in [6, 6.07) is 4.59. The Morgan fingerprint density at radius 3 is 2.71 bits per heavy atom. The zero-order valence-corrected chi connectivity index (χ0v) is 16.6. The number of amides is 1. The first-order valence-electron chi connectivity index (χ1n) is 9.04. The molecule has 2 rings (SSSR count). The number of nitrogens with zero attached hydrogens (tertiary/aromatic N) is 2. The molecule has 156 valence electrons. The summed E-state index contributed by atoms with van der Waals surface area (Å²) in [4.78, 5) is 17.7. The predicted octanol–water partition coefficient (Wildman–Crippen LogP) is 3.23. The third-order valence-electron chi connectivity index (χ3n) is 4.26. The standard InChI is InChI=1S/C18H25ClF2N4O3/c1-3-22-17(24-14-6-8-25(9-7-14)18(26)27-2)23-11-12-10-13(19)4-5-15(12)28-16(20)21/h4-5,10,14,16H,3,6-9,11H2,1-2H3,(H2,22,23,24). The monoisotopic (exact) mass is 418 g/mol. The Balaban J connectivity index is 2.01. The summed E-state index contributed by atoms with van der Waals surface area (Å²) in [6.45, 7) is 0.952. The number of carbonyl (C=O) groups is 1. The van der Waals surface area contributed by atoms with Gasteiger partial charge in [-0.25, -0.2) is 9.79 Å². The fourth-order valence-corrected chi connectivity index (χ4v) is 3.09. The fourth-order valence-electron chi connectivity index (χ4n) is 2.90. The van der Waals surface area contributed by atoms with E-state index in [0.717, 1.165) is 12.8 Å². The van der Waals surface area contributed by atoms with Crippen LogP contribution < -0.4 is 15.4 Å². The highest BCUT2D eigenvalue weighted by molar-refractivity contribution is 6.30. The van der Waals surface area contributed by atoms with Crippen molar-refractivity contribution >= 4 is 23.7 Å². The molecule has 0 saturated carbocycles. The molecule has 7 nitrogen and oxygen atoms in total. The minimum Gasteiger partial charge on any atom is -0.453 e. The van der Waals surface area contributed by atoms with Crippen molar-refractivity contribution in [1.82, 2.24) is 15.5 Å². The summed E-state index contributed by atoms with van der Waals surface area (Å²) >= 11 is 5.97. The lowest BCUT2D eigenvalue weighted by molar-refractivity contribution is -0.0504. The number of methoxy groups -OCH3 is 1. The highest BCUT2D eigenvalue weighted by Gasteiger charge is 2.23. The Labute approximate surface area is 168 Å². The van der Waals surface area contributed by atoms with Gasteiger partial charge in [0.15, 0.2) is 5.96 Å². The lowest BCUT2D eigenvalue weighted by atomic mass is 10.1. The van der Waals surface area contributed by atoms with E-state index in [2.05, 4.69) is 20.4 Å². The maximum atomic E-state index is 12.6. The molecule has 1 amide bonds. The lowest BCUT2D eigenvalue weighted by Crippen LogP contribution is -2.49. The number of hydrogen-bond acceptors (Lipinski definition) is 4. The smallest absolute Gasteiger partial charge is 0.409 e. The maximum Gasteiger partial charge on any atom is 0.409 e. The molecule has 1 heterocycles. The molecule has 1 fully saturated rings. The third-order valence-corrected chi connectivity index (χ3v) is 4.49. The van der Waals surface area contributed by atoms with Crippen molar-refractivity contribution < 1.29 is 23.0 Å². The highest BCUT2D eigenvalue weighted by atomic mass is 35.5. The summed E-state index contributed by atoms with van der Waals surface area (Å²) < 4.78 is 34.5. The van der Waals surface area contributed by atoms with Gasteiger partial charge in [-0.1, -0.05) is 11.6 Å². The number of guanidine groups is 1. The molecule has 0 radical (unpaired) electrons. The van der Waals surface area contributed by atoms with E-state index in [1.165, 1.54) is 19.2 Å². The van der Waals surface area contributed by atoms with Crippen molar-refractivity contribution in [2.45, 2.75) is 39.0 Å². The van der Waals surface area contributed by atoms with Gasteiger partial charge < -0.3 is 25.0 Å². The van der Waals surface area contributed by atoms with Crippen molar-refractivity contribution in [2.24, 2.45) is 4.99 Å². The molecule has 1 aliphatic rings. The van der Waals surface area contributed by atoms with Gasteiger partial charge in [0.25, 0.3) is 0 Å². The van der Waals surface area contributed by atoms with E-state index >= 15 is 0 Å². The summed E-state index contributed by atoms with van der Waals surface area (Å²) in [6.07, 6.45) is 1.17. The van der Waals surface area contributed by atoms with Crippen LogP contribution in [0.5, 0.6) is 5.75 Å². The fraction of sp³-hybridized carbons (Fsp3) is 0.556. The van der Waals surface area contributed by atoms with E-state index in [1.54, 1.807) is 11.0 Å². The Bertz CT molecular complexity index is 683. The van der Waals surface area contributed by atoms with Gasteiger partial charge in [0.05, 0.1) is 13.7 Å². The van der Waals surface area contributed by atoms with Gasteiger partial charge in [0, 0.05) is 36.3 Å². The molecule has 1 aromatic carbocycles. The van der Waals surface area contributed by atoms with Crippen LogP contribution in [0.25, 0.3) is 0 Å². The number of likely N-dealkylation sites (tertiary alicyclic amines) is 1. The van der Waals surface area contributed by atoms with Gasteiger partial charge in [-0.15, -0.1) is 0 Å². The normalized spacial score (nSPS) is 15.5. The number of carbonyl (C=O) groups excluding carboxylic acids is 1. The molecule has 1 aliphatic heterocycles. The van der Waals surface area contributed by atoms with Crippen LogP contribution in [0.2, 0.25) is 5.02 Å². The molecule has 1 aromatic rings. The number of piperidine rings is 1. The van der Waals surface area contributed by atoms with Crippen LogP contribution in [0.15, 0.2) is 23.2 Å². The molecular weight excluding hydrogens is 394 g/mol. The van der Waals surface area contributed by atoms with Gasteiger partial charge in [-0.2, -0.15) is 8.78 Å². The topological polar surface area (TPSA) is 75.2 Å². The van der Waals surface area contributed by atoms with Crippen LogP contribution in [0.4, 0.5) is 13.6 Å². The Hall–Kier alpha value is -2.29. The molecule has 1 saturated heterocycles. The molecule has 0 unspecified atom stereocenters. The molecule has 28 heavy (non-hydrogen) atoms. The summed E-state index contributed by atoms with van der Waals surface area (Å²) in [7, 11) is 1.37. The largest absolute Gasteiger partial charge is 0.453 e. The number of aliphatic imine (C=N–C) groups is 1. The Morgan fingerprint density at radius 1 is 1.39 bits per heavy atom. The van der Waals surface area contributed by atoms with Crippen molar-refractivity contribution in [3.05, 3.63) is 28.8 Å². The minimum absolute atomic E-state index is 0.0467. The van der Waals surface area contributed by atoms with E-state index < -0.39 is 6.61 Å². The molecule has 0 bridgehead atoms. The van der Waals surface area contributed by atoms with Crippen LogP contribution in [-0.4, -0.2) is 56.4 Å². The number of alkyl halides is 2. The quantitative estimate of drug-likeness (QED) is 0.548. The van der Waals surface area contributed by atoms with Gasteiger partial charge in [-0.3, -0.25) is 0 Å². The SMILES string of the molecule is CCNC(=NCc1cc(Cl)ccc1OC(F)F)NC1CCN(C(=O)OC)CC1. The van der Waals surface area contributed by atoms with Crippen LogP contribution >= 0.6 is 11.6 Å². The highest BCUT2D eigenvalue weighted by Crippen LogP contribution is 2.25. The third kappa shape index (κ3) is 6.70. The number of nitrogens with one attached hydrogen (secondary N) is 2. The van der Waals surface area contributed by atoms with Crippen molar-refractivity contribution in [3.63, 3.8) is 0 Å². The minimum atomic E-state index is -2.92. The zero-order valence-electron chi connectivity index (χ0n) is 15.9. The Morgan fingerprint density at radius 2 is 2.11 bits per heavy atom. The average Bonchev–Trinajstić information content (AvgIpc) is 2.67. The van der Waals surface area contributed by atoms with Gasteiger partial charge in [-0.05, 0) is 38.0 Å². The first-order chi connectivity index (χ1) is 13.4. The summed E-state index contributed by atoms with van der Waals surface area (Å²) in [5, 5.41) is 6.87. The molecule has 0 aromatic heterocycles. The molecular formula is C18H25ClF2N4O3. The van der Waals surface area contributed by atoms with Crippen LogP contribution in [0, 0.1) is 0 Å². The second-order valence-electron chi connectivity index (χ2n) is 6.20. The van der Waals surface area contributed by atoms with Gasteiger partial charge >= 0.3 is 12.7 Å². The average molecular weight is 419 g/mol. The number of benzene rings is 1. The first kappa shape index (κ1) is 22.0. The van der Waals surface area contributed by atoms with Gasteiger partial charge in [0.2, 0.25) is 0 Å². The summed E-state index contributed by atoms with van der Waals surface area (Å²) in [5.41, 5.74) is 0.463. The van der Waals surface area contributed by atoms with Crippen molar-refractivity contribution in [1.29, 1.82) is 0 Å². The summed E-state index contributed by atoms with van der Waals surface area (Å²) in [5.74, 6) is 0.604. The van der Waals surface area contributed by atoms with E-state index in [1.807, 2.05) is 6.92 Å². The van der Waals surface area contributed by atoms with Crippen LogP contribution in [0.3, 0.4) is 0 Å². The van der Waals surface area contributed by atoms with Crippen molar-refractivity contribution in [3.8, 4) is 5.75 Å². The molecule has 2 N–H and O–H groups in total. The number of halogens is 3. The molecule has 0 atom stereocenters. The number of hydrogen-bond donors (Lipinski definition) is 2. The zero-order chi connectivity index (χ0) is 20.5. The second kappa shape index (κ2) is 10.9. The predicted molar refractivity (Wildman–Crippen MR) is 103 cm³/mol. The number of ether oxygens (including phenoxy) is 2. The molecule has 0 aliphatic carbocycles. The molecule has 10 heteroatoms. The molecule has 0 spiro atoms. The number of rotatable bonds is 6. The lowest BCUT2D eigenvalue weighted by Gasteiger charge is -2.32. The van der Waals surface area contributed by atoms with Gasteiger partial charge in [0.1, 0.15) is 5.75 Å². The first-order valence-corrected chi connectivity index (χ1v) is 9.41. The van der Waals surface area contributed by atoms with Crippen LogP contribution in [0.1, 0.15) is 25.3 Å².